The predicted octanol–water partition coefficient (Wildman–Crippen LogP) is 20.3. The SMILES string of the molecule is CCC(C)CCCCCCCCCCCCCCCCC(=O)OC[C@@H](COC(=O)CCCCCCCCCCCCCCCCCCCCC(C)C)OC(=O)CCCCCCCCCCC(C)C. The fraction of sp³-hybridized carbons (Fsp3) is 0.952. The highest BCUT2D eigenvalue weighted by atomic mass is 16.6. The number of carbonyl (C=O) groups is 3. The molecule has 0 aliphatic heterocycles. The fourth-order valence-corrected chi connectivity index (χ4v) is 9.50. The van der Waals surface area contributed by atoms with Crippen molar-refractivity contribution < 1.29 is 28.6 Å². The Morgan fingerprint density at radius 1 is 0.294 bits per heavy atom. The van der Waals surface area contributed by atoms with Gasteiger partial charge in [0.05, 0.1) is 0 Å². The topological polar surface area (TPSA) is 78.9 Å². The number of hydrogen-bond donors (Lipinski definition) is 0. The number of ether oxygens (including phenoxy) is 3. The molecule has 0 aliphatic carbocycles. The quantitative estimate of drug-likeness (QED) is 0.0343. The van der Waals surface area contributed by atoms with E-state index in [9.17, 15) is 14.4 Å². The van der Waals surface area contributed by atoms with Gasteiger partial charge in [0.1, 0.15) is 13.2 Å². The van der Waals surface area contributed by atoms with Gasteiger partial charge in [0, 0.05) is 19.3 Å². The highest BCUT2D eigenvalue weighted by molar-refractivity contribution is 5.71. The fourth-order valence-electron chi connectivity index (χ4n) is 9.50. The molecule has 6 heteroatoms. The number of esters is 3. The van der Waals surface area contributed by atoms with Crippen molar-refractivity contribution in [2.75, 3.05) is 13.2 Å². The van der Waals surface area contributed by atoms with Gasteiger partial charge in [0.25, 0.3) is 0 Å². The second-order valence-electron chi connectivity index (χ2n) is 22.5. The van der Waals surface area contributed by atoms with Gasteiger partial charge in [0.15, 0.2) is 6.10 Å². The lowest BCUT2D eigenvalue weighted by Gasteiger charge is -2.18. The van der Waals surface area contributed by atoms with Crippen molar-refractivity contribution in [1.29, 1.82) is 0 Å². The molecule has 1 unspecified atom stereocenters. The summed E-state index contributed by atoms with van der Waals surface area (Å²) < 4.78 is 16.9. The van der Waals surface area contributed by atoms with E-state index in [0.717, 1.165) is 75.5 Å². The first-order chi connectivity index (χ1) is 33.1. The lowest BCUT2D eigenvalue weighted by atomic mass is 9.99. The number of carbonyl (C=O) groups excluding carboxylic acids is 3. The van der Waals surface area contributed by atoms with Gasteiger partial charge in [-0.3, -0.25) is 14.4 Å². The smallest absolute Gasteiger partial charge is 0.306 e. The zero-order valence-corrected chi connectivity index (χ0v) is 46.9. The highest BCUT2D eigenvalue weighted by Gasteiger charge is 2.19. The molecule has 0 heterocycles. The first kappa shape index (κ1) is 66.4. The molecule has 0 aliphatic rings. The molecule has 0 aromatic rings. The van der Waals surface area contributed by atoms with Crippen LogP contribution in [-0.2, 0) is 28.6 Å². The van der Waals surface area contributed by atoms with Gasteiger partial charge in [-0.1, -0.05) is 305 Å². The van der Waals surface area contributed by atoms with Crippen LogP contribution in [0, 0.1) is 17.8 Å². The molecule has 0 saturated heterocycles. The monoisotopic (exact) mass is 961 g/mol. The van der Waals surface area contributed by atoms with E-state index >= 15 is 0 Å². The molecule has 404 valence electrons. The second-order valence-corrected chi connectivity index (χ2v) is 22.5. The molecule has 0 fully saturated rings. The molecule has 2 atom stereocenters. The predicted molar refractivity (Wildman–Crippen MR) is 293 cm³/mol. The Kier molecular flexibility index (Phi) is 52.0. The second kappa shape index (κ2) is 53.2. The minimum absolute atomic E-state index is 0.0636. The minimum atomic E-state index is -0.764. The Hall–Kier alpha value is -1.59. The van der Waals surface area contributed by atoms with E-state index < -0.39 is 6.10 Å². The van der Waals surface area contributed by atoms with Gasteiger partial charge in [-0.05, 0) is 37.0 Å². The van der Waals surface area contributed by atoms with Gasteiger partial charge in [-0.25, -0.2) is 0 Å². The maximum atomic E-state index is 12.8. The van der Waals surface area contributed by atoms with Crippen LogP contribution in [0.5, 0.6) is 0 Å². The molecule has 6 nitrogen and oxygen atoms in total. The average Bonchev–Trinajstić information content (AvgIpc) is 3.31. The molecule has 0 aromatic heterocycles. The van der Waals surface area contributed by atoms with Crippen molar-refractivity contribution >= 4 is 17.9 Å². The van der Waals surface area contributed by atoms with Gasteiger partial charge in [0.2, 0.25) is 0 Å². The molecule has 0 spiro atoms. The summed E-state index contributed by atoms with van der Waals surface area (Å²) in [5.74, 6) is 1.71. The van der Waals surface area contributed by atoms with Crippen LogP contribution >= 0.6 is 0 Å². The first-order valence-electron chi connectivity index (χ1n) is 30.6. The van der Waals surface area contributed by atoms with Crippen LogP contribution in [0.1, 0.15) is 343 Å². The Bertz CT molecular complexity index is 1060. The molecule has 0 bridgehead atoms. The van der Waals surface area contributed by atoms with Crippen LogP contribution in [0.4, 0.5) is 0 Å². The molecular weight excluding hydrogens is 841 g/mol. The van der Waals surface area contributed by atoms with Crippen molar-refractivity contribution in [2.24, 2.45) is 17.8 Å². The molecule has 0 amide bonds. The zero-order chi connectivity index (χ0) is 49.8. The molecule has 0 aromatic carbocycles. The van der Waals surface area contributed by atoms with E-state index in [2.05, 4.69) is 41.5 Å². The Balaban J connectivity index is 4.21. The van der Waals surface area contributed by atoms with E-state index in [1.807, 2.05) is 0 Å². The summed E-state index contributed by atoms with van der Waals surface area (Å²) in [6, 6.07) is 0. The van der Waals surface area contributed by atoms with Gasteiger partial charge < -0.3 is 14.2 Å². The molecule has 0 radical (unpaired) electrons. The number of rotatable bonds is 55. The highest BCUT2D eigenvalue weighted by Crippen LogP contribution is 2.19. The lowest BCUT2D eigenvalue weighted by molar-refractivity contribution is -0.167. The Morgan fingerprint density at radius 2 is 0.515 bits per heavy atom. The summed E-state index contributed by atoms with van der Waals surface area (Å²) in [5.41, 5.74) is 0. The standard InChI is InChI=1S/C62H120O6/c1-7-58(6)50-44-38-32-25-21-17-14-15-19-23-27-34-40-46-52-61(64)67-55-59(68-62(65)53-47-41-35-29-28-31-37-43-49-57(4)5)54-66-60(63)51-45-39-33-26-22-18-13-11-9-8-10-12-16-20-24-30-36-42-48-56(2)3/h56-59H,7-55H2,1-6H3/t58?,59-/m1/s1. The van der Waals surface area contributed by atoms with E-state index in [-0.39, 0.29) is 31.1 Å². The molecule has 0 rings (SSSR count). The normalized spacial score (nSPS) is 12.5. The van der Waals surface area contributed by atoms with Crippen LogP contribution < -0.4 is 0 Å². The maximum Gasteiger partial charge on any atom is 0.306 e. The third-order valence-corrected chi connectivity index (χ3v) is 14.5. The summed E-state index contributed by atoms with van der Waals surface area (Å²) in [5, 5.41) is 0. The van der Waals surface area contributed by atoms with E-state index in [0.29, 0.717) is 19.3 Å². The summed E-state index contributed by atoms with van der Waals surface area (Å²) in [6.45, 7) is 13.8. The maximum absolute atomic E-state index is 12.8. The third kappa shape index (κ3) is 53.8. The van der Waals surface area contributed by atoms with Crippen LogP contribution in [0.3, 0.4) is 0 Å². The van der Waals surface area contributed by atoms with Crippen molar-refractivity contribution in [3.05, 3.63) is 0 Å². The molecule has 0 saturated carbocycles. The van der Waals surface area contributed by atoms with Gasteiger partial charge in [-0.2, -0.15) is 0 Å². The van der Waals surface area contributed by atoms with Crippen LogP contribution in [0.2, 0.25) is 0 Å². The summed E-state index contributed by atoms with van der Waals surface area (Å²) in [7, 11) is 0. The van der Waals surface area contributed by atoms with Crippen molar-refractivity contribution in [3.63, 3.8) is 0 Å². The van der Waals surface area contributed by atoms with Gasteiger partial charge >= 0.3 is 17.9 Å². The summed E-state index contributed by atoms with van der Waals surface area (Å²) in [6.07, 6.45) is 56.7. The average molecular weight is 962 g/mol. The van der Waals surface area contributed by atoms with Gasteiger partial charge in [-0.15, -0.1) is 0 Å². The Labute approximate surface area is 425 Å². The Morgan fingerprint density at radius 3 is 0.765 bits per heavy atom. The lowest BCUT2D eigenvalue weighted by Crippen LogP contribution is -2.30. The van der Waals surface area contributed by atoms with Crippen LogP contribution in [0.25, 0.3) is 0 Å². The molecule has 68 heavy (non-hydrogen) atoms. The zero-order valence-electron chi connectivity index (χ0n) is 46.9. The number of unbranched alkanes of at least 4 members (excludes halogenated alkanes) is 37. The van der Waals surface area contributed by atoms with Crippen LogP contribution in [0.15, 0.2) is 0 Å². The van der Waals surface area contributed by atoms with E-state index in [1.165, 1.54) is 225 Å². The van der Waals surface area contributed by atoms with Crippen molar-refractivity contribution in [2.45, 2.75) is 349 Å². The molecular formula is C62H120O6. The van der Waals surface area contributed by atoms with Crippen molar-refractivity contribution in [3.8, 4) is 0 Å². The third-order valence-electron chi connectivity index (χ3n) is 14.5. The summed E-state index contributed by atoms with van der Waals surface area (Å²) in [4.78, 5) is 38.2. The van der Waals surface area contributed by atoms with E-state index in [4.69, 9.17) is 14.2 Å². The minimum Gasteiger partial charge on any atom is -0.462 e. The van der Waals surface area contributed by atoms with E-state index in [1.54, 1.807) is 0 Å². The summed E-state index contributed by atoms with van der Waals surface area (Å²) >= 11 is 0. The largest absolute Gasteiger partial charge is 0.462 e. The first-order valence-corrected chi connectivity index (χ1v) is 30.6. The van der Waals surface area contributed by atoms with Crippen molar-refractivity contribution in [1.82, 2.24) is 0 Å². The number of hydrogen-bond acceptors (Lipinski definition) is 6. The molecule has 0 N–H and O–H groups in total. The van der Waals surface area contributed by atoms with Crippen LogP contribution in [-0.4, -0.2) is 37.2 Å².